The van der Waals surface area contributed by atoms with E-state index in [1.807, 2.05) is 0 Å². The zero-order chi connectivity index (χ0) is 13.0. The molecule has 1 unspecified atom stereocenters. The molecule has 0 spiro atoms. The molecule has 1 fully saturated rings. The first-order valence-electron chi connectivity index (χ1n) is 7.10. The molecule has 1 aromatic rings. The van der Waals surface area contributed by atoms with Gasteiger partial charge in [0.15, 0.2) is 0 Å². The van der Waals surface area contributed by atoms with E-state index in [0.717, 1.165) is 25.8 Å². The molecule has 2 N–H and O–H groups in total. The summed E-state index contributed by atoms with van der Waals surface area (Å²) in [4.78, 5) is 0. The molecule has 0 saturated heterocycles. The molecule has 0 amide bonds. The highest BCUT2D eigenvalue weighted by Crippen LogP contribution is 2.26. The van der Waals surface area contributed by atoms with Gasteiger partial charge in [0.05, 0.1) is 6.10 Å². The van der Waals surface area contributed by atoms with Crippen LogP contribution >= 0.6 is 0 Å². The third-order valence-electron chi connectivity index (χ3n) is 3.91. The van der Waals surface area contributed by atoms with Crippen molar-refractivity contribution in [3.63, 3.8) is 0 Å². The van der Waals surface area contributed by atoms with Crippen molar-refractivity contribution in [2.75, 3.05) is 6.54 Å². The lowest BCUT2D eigenvalue weighted by atomic mass is 9.82. The van der Waals surface area contributed by atoms with Crippen molar-refractivity contribution < 1.29 is 5.11 Å². The molecule has 1 saturated carbocycles. The lowest BCUT2D eigenvalue weighted by Gasteiger charge is -2.32. The van der Waals surface area contributed by atoms with Gasteiger partial charge in [0.2, 0.25) is 0 Å². The fourth-order valence-electron chi connectivity index (χ4n) is 2.59. The Bertz CT molecular complexity index is 371. The fraction of sp³-hybridized carbons (Fsp3) is 0.625. The van der Waals surface area contributed by atoms with Crippen molar-refractivity contribution in [3.8, 4) is 0 Å². The van der Waals surface area contributed by atoms with Crippen LogP contribution < -0.4 is 5.32 Å². The second-order valence-corrected chi connectivity index (χ2v) is 5.83. The Balaban J connectivity index is 1.63. The van der Waals surface area contributed by atoms with Crippen LogP contribution in [-0.4, -0.2) is 23.8 Å². The van der Waals surface area contributed by atoms with E-state index in [0.29, 0.717) is 12.0 Å². The van der Waals surface area contributed by atoms with Crippen LogP contribution in [0.25, 0.3) is 0 Å². The molecular weight excluding hydrogens is 222 g/mol. The SMILES string of the molecule is Cc1cccc(CCC(C)NCC2CC(O)C2)c1. The van der Waals surface area contributed by atoms with Crippen molar-refractivity contribution in [1.29, 1.82) is 0 Å². The normalized spacial score (nSPS) is 24.6. The molecule has 0 aliphatic heterocycles. The Labute approximate surface area is 110 Å². The predicted octanol–water partition coefficient (Wildman–Crippen LogP) is 2.68. The zero-order valence-corrected chi connectivity index (χ0v) is 11.5. The van der Waals surface area contributed by atoms with Gasteiger partial charge >= 0.3 is 0 Å². The van der Waals surface area contributed by atoms with Gasteiger partial charge in [-0.15, -0.1) is 0 Å². The second-order valence-electron chi connectivity index (χ2n) is 5.83. The van der Waals surface area contributed by atoms with Crippen LogP contribution in [0.5, 0.6) is 0 Å². The van der Waals surface area contributed by atoms with Crippen LogP contribution in [-0.2, 0) is 6.42 Å². The van der Waals surface area contributed by atoms with Gasteiger partial charge in [0.25, 0.3) is 0 Å². The molecule has 0 radical (unpaired) electrons. The van der Waals surface area contributed by atoms with Gasteiger partial charge in [-0.05, 0) is 57.6 Å². The summed E-state index contributed by atoms with van der Waals surface area (Å²) in [5, 5.41) is 12.8. The van der Waals surface area contributed by atoms with Gasteiger partial charge in [0, 0.05) is 6.04 Å². The van der Waals surface area contributed by atoms with E-state index in [4.69, 9.17) is 0 Å². The van der Waals surface area contributed by atoms with Gasteiger partial charge in [-0.1, -0.05) is 29.8 Å². The number of hydrogen-bond acceptors (Lipinski definition) is 2. The summed E-state index contributed by atoms with van der Waals surface area (Å²) < 4.78 is 0. The monoisotopic (exact) mass is 247 g/mol. The zero-order valence-electron chi connectivity index (χ0n) is 11.5. The summed E-state index contributed by atoms with van der Waals surface area (Å²) >= 11 is 0. The molecule has 2 nitrogen and oxygen atoms in total. The van der Waals surface area contributed by atoms with E-state index in [1.54, 1.807) is 0 Å². The van der Waals surface area contributed by atoms with Gasteiger partial charge < -0.3 is 10.4 Å². The molecule has 100 valence electrons. The summed E-state index contributed by atoms with van der Waals surface area (Å²) in [7, 11) is 0. The Morgan fingerprint density at radius 2 is 2.17 bits per heavy atom. The molecular formula is C16H25NO. The lowest BCUT2D eigenvalue weighted by molar-refractivity contribution is 0.0420. The molecule has 2 rings (SSSR count). The summed E-state index contributed by atoms with van der Waals surface area (Å²) in [5.41, 5.74) is 2.78. The van der Waals surface area contributed by atoms with E-state index in [9.17, 15) is 5.11 Å². The highest BCUT2D eigenvalue weighted by molar-refractivity contribution is 5.22. The highest BCUT2D eigenvalue weighted by Gasteiger charge is 2.26. The number of nitrogens with one attached hydrogen (secondary N) is 1. The molecule has 0 bridgehead atoms. The van der Waals surface area contributed by atoms with E-state index in [2.05, 4.69) is 43.4 Å². The van der Waals surface area contributed by atoms with Crippen LogP contribution in [0.2, 0.25) is 0 Å². The van der Waals surface area contributed by atoms with E-state index < -0.39 is 0 Å². The number of aryl methyl sites for hydroxylation is 2. The fourth-order valence-corrected chi connectivity index (χ4v) is 2.59. The molecule has 1 aromatic carbocycles. The van der Waals surface area contributed by atoms with Crippen LogP contribution in [0, 0.1) is 12.8 Å². The molecule has 1 aliphatic carbocycles. The minimum absolute atomic E-state index is 0.0283. The average molecular weight is 247 g/mol. The van der Waals surface area contributed by atoms with Crippen molar-refractivity contribution >= 4 is 0 Å². The van der Waals surface area contributed by atoms with Gasteiger partial charge in [-0.2, -0.15) is 0 Å². The molecule has 0 aromatic heterocycles. The number of benzene rings is 1. The Hall–Kier alpha value is -0.860. The smallest absolute Gasteiger partial charge is 0.0546 e. The number of aliphatic hydroxyl groups is 1. The average Bonchev–Trinajstić information content (AvgIpc) is 2.31. The standard InChI is InChI=1S/C16H25NO/c1-12-4-3-5-14(8-12)7-6-13(2)17-11-15-9-16(18)10-15/h3-5,8,13,15-18H,6-7,9-11H2,1-2H3. The Morgan fingerprint density at radius 1 is 1.39 bits per heavy atom. The van der Waals surface area contributed by atoms with E-state index in [1.165, 1.54) is 17.5 Å². The van der Waals surface area contributed by atoms with Crippen molar-refractivity contribution in [1.82, 2.24) is 5.32 Å². The molecule has 2 heteroatoms. The van der Waals surface area contributed by atoms with Crippen LogP contribution in [0.15, 0.2) is 24.3 Å². The maximum absolute atomic E-state index is 9.23. The van der Waals surface area contributed by atoms with Crippen molar-refractivity contribution in [2.24, 2.45) is 5.92 Å². The lowest BCUT2D eigenvalue weighted by Crippen LogP contribution is -2.39. The molecule has 1 atom stereocenters. The maximum Gasteiger partial charge on any atom is 0.0546 e. The first-order valence-corrected chi connectivity index (χ1v) is 7.10. The van der Waals surface area contributed by atoms with Gasteiger partial charge in [0.1, 0.15) is 0 Å². The first kappa shape index (κ1) is 13.6. The van der Waals surface area contributed by atoms with E-state index in [-0.39, 0.29) is 6.10 Å². The summed E-state index contributed by atoms with van der Waals surface area (Å²) in [6.07, 6.45) is 4.26. The van der Waals surface area contributed by atoms with Crippen LogP contribution in [0.4, 0.5) is 0 Å². The predicted molar refractivity (Wildman–Crippen MR) is 75.7 cm³/mol. The topological polar surface area (TPSA) is 32.3 Å². The molecule has 1 aliphatic rings. The van der Waals surface area contributed by atoms with Gasteiger partial charge in [-0.3, -0.25) is 0 Å². The number of aliphatic hydroxyl groups excluding tert-OH is 1. The first-order chi connectivity index (χ1) is 8.63. The van der Waals surface area contributed by atoms with E-state index >= 15 is 0 Å². The van der Waals surface area contributed by atoms with Crippen molar-refractivity contribution in [3.05, 3.63) is 35.4 Å². The summed E-state index contributed by atoms with van der Waals surface area (Å²) in [6.45, 7) is 5.46. The number of hydrogen-bond donors (Lipinski definition) is 2. The summed E-state index contributed by atoms with van der Waals surface area (Å²) in [5.74, 6) is 0.696. The van der Waals surface area contributed by atoms with Crippen LogP contribution in [0.3, 0.4) is 0 Å². The summed E-state index contributed by atoms with van der Waals surface area (Å²) in [6, 6.07) is 9.33. The Kier molecular flexibility index (Phi) is 4.79. The second kappa shape index (κ2) is 6.35. The Morgan fingerprint density at radius 3 is 2.83 bits per heavy atom. The largest absolute Gasteiger partial charge is 0.393 e. The minimum atomic E-state index is -0.0283. The highest BCUT2D eigenvalue weighted by atomic mass is 16.3. The van der Waals surface area contributed by atoms with Gasteiger partial charge in [-0.25, -0.2) is 0 Å². The third kappa shape index (κ3) is 4.11. The third-order valence-corrected chi connectivity index (χ3v) is 3.91. The minimum Gasteiger partial charge on any atom is -0.393 e. The molecule has 18 heavy (non-hydrogen) atoms. The molecule has 0 heterocycles. The number of rotatable bonds is 6. The van der Waals surface area contributed by atoms with Crippen molar-refractivity contribution in [2.45, 2.75) is 51.7 Å². The quantitative estimate of drug-likeness (QED) is 0.810. The maximum atomic E-state index is 9.23. The van der Waals surface area contributed by atoms with Crippen LogP contribution in [0.1, 0.15) is 37.3 Å².